The van der Waals surface area contributed by atoms with E-state index in [1.165, 1.54) is 4.90 Å². The average Bonchev–Trinajstić information content (AvgIpc) is 2.82. The smallest absolute Gasteiger partial charge is 0.278 e. The van der Waals surface area contributed by atoms with Gasteiger partial charge in [0.25, 0.3) is 15.9 Å². The number of fused-ring (bicyclic) bond motifs is 1. The predicted octanol–water partition coefficient (Wildman–Crippen LogP) is 4.46. The van der Waals surface area contributed by atoms with Crippen LogP contribution in [0.3, 0.4) is 0 Å². The van der Waals surface area contributed by atoms with Gasteiger partial charge in [0.15, 0.2) is 5.71 Å². The number of hydrogen-bond acceptors (Lipinski definition) is 3. The molecular weight excluding hydrogens is 407 g/mol. The Morgan fingerprint density at radius 3 is 2.19 bits per heavy atom. The normalized spacial score (nSPS) is 16.1. The minimum absolute atomic E-state index is 0.0938. The zero-order valence-corrected chi connectivity index (χ0v) is 17.4. The van der Waals surface area contributed by atoms with Crippen LogP contribution in [0, 0.1) is 0 Å². The van der Waals surface area contributed by atoms with E-state index >= 15 is 0 Å². The van der Waals surface area contributed by atoms with E-state index in [1.54, 1.807) is 63.2 Å². The van der Waals surface area contributed by atoms with Crippen molar-refractivity contribution < 1.29 is 13.2 Å². The summed E-state index contributed by atoms with van der Waals surface area (Å²) in [6.07, 6.45) is 0. The monoisotopic (exact) mass is 424 g/mol. The SMILES string of the molecule is CC(C)(C)S(=O)(=O)/N=C1/C(=O)N(Cc2c(Cl)cccc2Cl)c2ccccc21. The molecule has 142 valence electrons. The van der Waals surface area contributed by atoms with Crippen molar-refractivity contribution in [2.24, 2.45) is 4.40 Å². The second kappa shape index (κ2) is 6.93. The number of nitrogens with zero attached hydrogens (tertiary/aromatic N) is 2. The Kier molecular flexibility index (Phi) is 5.10. The van der Waals surface area contributed by atoms with Gasteiger partial charge >= 0.3 is 0 Å². The standard InChI is InChI=1S/C19H18Cl2N2O3S/c1-19(2,3)27(25,26)22-17-12-7-4-5-10-16(12)23(18(17)24)11-13-14(20)8-6-9-15(13)21/h4-10H,11H2,1-3H3/b22-17+. The van der Waals surface area contributed by atoms with Crippen LogP contribution in [0.15, 0.2) is 46.9 Å². The molecule has 5 nitrogen and oxygen atoms in total. The van der Waals surface area contributed by atoms with Gasteiger partial charge in [-0.3, -0.25) is 4.79 Å². The topological polar surface area (TPSA) is 66.8 Å². The highest BCUT2D eigenvalue weighted by Crippen LogP contribution is 2.34. The molecule has 0 unspecified atom stereocenters. The summed E-state index contributed by atoms with van der Waals surface area (Å²) in [5, 5.41) is 0.862. The molecule has 0 bridgehead atoms. The summed E-state index contributed by atoms with van der Waals surface area (Å²) in [5.41, 5.74) is 1.53. The van der Waals surface area contributed by atoms with Crippen molar-refractivity contribution in [1.29, 1.82) is 0 Å². The van der Waals surface area contributed by atoms with Gasteiger partial charge in [0, 0.05) is 21.2 Å². The lowest BCUT2D eigenvalue weighted by Crippen LogP contribution is -2.32. The number of amides is 1. The van der Waals surface area contributed by atoms with Crippen LogP contribution in [-0.4, -0.2) is 24.8 Å². The zero-order chi connectivity index (χ0) is 20.0. The van der Waals surface area contributed by atoms with E-state index in [4.69, 9.17) is 23.2 Å². The second-order valence-corrected chi connectivity index (χ2v) is 10.3. The van der Waals surface area contributed by atoms with Crippen LogP contribution >= 0.6 is 23.2 Å². The number of carbonyl (C=O) groups is 1. The van der Waals surface area contributed by atoms with Gasteiger partial charge in [-0.05, 0) is 39.0 Å². The zero-order valence-electron chi connectivity index (χ0n) is 15.0. The van der Waals surface area contributed by atoms with Crippen LogP contribution in [-0.2, 0) is 21.4 Å². The van der Waals surface area contributed by atoms with E-state index in [-0.39, 0.29) is 12.3 Å². The lowest BCUT2D eigenvalue weighted by Gasteiger charge is -2.19. The van der Waals surface area contributed by atoms with E-state index in [0.29, 0.717) is 26.9 Å². The Bertz CT molecular complexity index is 1040. The molecule has 0 spiro atoms. The lowest BCUT2D eigenvalue weighted by atomic mass is 10.1. The van der Waals surface area contributed by atoms with Gasteiger partial charge in [0.1, 0.15) is 0 Å². The van der Waals surface area contributed by atoms with Crippen molar-refractivity contribution in [1.82, 2.24) is 0 Å². The number of sulfonamides is 1. The van der Waals surface area contributed by atoms with Crippen molar-refractivity contribution in [3.8, 4) is 0 Å². The molecule has 0 aromatic heterocycles. The summed E-state index contributed by atoms with van der Waals surface area (Å²) < 4.78 is 27.8. The summed E-state index contributed by atoms with van der Waals surface area (Å²) >= 11 is 12.5. The number of halogens is 2. The molecule has 1 aliphatic rings. The highest BCUT2D eigenvalue weighted by molar-refractivity contribution is 7.91. The molecule has 0 fully saturated rings. The first-order chi connectivity index (χ1) is 12.5. The summed E-state index contributed by atoms with van der Waals surface area (Å²) in [6.45, 7) is 4.74. The van der Waals surface area contributed by atoms with Crippen LogP contribution in [0.4, 0.5) is 5.69 Å². The fourth-order valence-corrected chi connectivity index (χ4v) is 3.81. The lowest BCUT2D eigenvalue weighted by molar-refractivity contribution is -0.112. The third kappa shape index (κ3) is 3.61. The maximum absolute atomic E-state index is 13.0. The second-order valence-electron chi connectivity index (χ2n) is 7.14. The number of anilines is 1. The van der Waals surface area contributed by atoms with Gasteiger partial charge in [0.2, 0.25) is 0 Å². The molecule has 3 rings (SSSR count). The third-order valence-electron chi connectivity index (χ3n) is 4.26. The van der Waals surface area contributed by atoms with Crippen LogP contribution in [0.25, 0.3) is 0 Å². The molecule has 0 atom stereocenters. The van der Waals surface area contributed by atoms with Crippen LogP contribution in [0.1, 0.15) is 31.9 Å². The molecule has 0 saturated heterocycles. The molecule has 1 aliphatic heterocycles. The van der Waals surface area contributed by atoms with E-state index in [1.807, 2.05) is 0 Å². The summed E-state index contributed by atoms with van der Waals surface area (Å²) in [7, 11) is -3.88. The highest BCUT2D eigenvalue weighted by Gasteiger charge is 2.38. The van der Waals surface area contributed by atoms with E-state index < -0.39 is 20.7 Å². The third-order valence-corrected chi connectivity index (χ3v) is 6.94. The van der Waals surface area contributed by atoms with Gasteiger partial charge in [-0.2, -0.15) is 4.40 Å². The Morgan fingerprint density at radius 2 is 1.59 bits per heavy atom. The first-order valence-corrected chi connectivity index (χ1v) is 10.4. The van der Waals surface area contributed by atoms with Gasteiger partial charge < -0.3 is 4.90 Å². The van der Waals surface area contributed by atoms with E-state index in [0.717, 1.165) is 0 Å². The Balaban J connectivity index is 2.11. The van der Waals surface area contributed by atoms with Crippen molar-refractivity contribution in [2.45, 2.75) is 32.1 Å². The minimum Gasteiger partial charge on any atom is -0.302 e. The molecule has 1 amide bonds. The van der Waals surface area contributed by atoms with Gasteiger partial charge in [-0.1, -0.05) is 47.5 Å². The number of hydrogen-bond donors (Lipinski definition) is 0. The van der Waals surface area contributed by atoms with Crippen molar-refractivity contribution in [3.63, 3.8) is 0 Å². The first kappa shape index (κ1) is 19.9. The molecule has 0 saturated carbocycles. The Morgan fingerprint density at radius 1 is 1.00 bits per heavy atom. The Labute approximate surface area is 168 Å². The number of para-hydroxylation sites is 1. The van der Waals surface area contributed by atoms with Gasteiger partial charge in [-0.25, -0.2) is 8.42 Å². The Hall–Kier alpha value is -1.89. The molecule has 0 aliphatic carbocycles. The van der Waals surface area contributed by atoms with Crippen LogP contribution in [0.2, 0.25) is 10.0 Å². The maximum Gasteiger partial charge on any atom is 0.278 e. The average molecular weight is 425 g/mol. The van der Waals surface area contributed by atoms with Crippen LogP contribution < -0.4 is 4.90 Å². The molecule has 0 radical (unpaired) electrons. The largest absolute Gasteiger partial charge is 0.302 e. The number of carbonyl (C=O) groups excluding carboxylic acids is 1. The molecule has 0 N–H and O–H groups in total. The molecular formula is C19H18Cl2N2O3S. The summed E-state index contributed by atoms with van der Waals surface area (Å²) in [4.78, 5) is 14.5. The van der Waals surface area contributed by atoms with Crippen molar-refractivity contribution in [2.75, 3.05) is 4.90 Å². The van der Waals surface area contributed by atoms with Crippen molar-refractivity contribution in [3.05, 3.63) is 63.6 Å². The first-order valence-electron chi connectivity index (χ1n) is 8.21. The number of rotatable bonds is 3. The molecule has 1 heterocycles. The van der Waals surface area contributed by atoms with Gasteiger partial charge in [0.05, 0.1) is 17.0 Å². The molecule has 8 heteroatoms. The molecule has 2 aromatic carbocycles. The fourth-order valence-electron chi connectivity index (χ4n) is 2.61. The maximum atomic E-state index is 13.0. The minimum atomic E-state index is -3.88. The predicted molar refractivity (Wildman–Crippen MR) is 109 cm³/mol. The highest BCUT2D eigenvalue weighted by atomic mass is 35.5. The molecule has 27 heavy (non-hydrogen) atoms. The molecule has 2 aromatic rings. The van der Waals surface area contributed by atoms with Gasteiger partial charge in [-0.15, -0.1) is 0 Å². The number of benzene rings is 2. The summed E-state index contributed by atoms with van der Waals surface area (Å²) in [5.74, 6) is -0.500. The summed E-state index contributed by atoms with van der Waals surface area (Å²) in [6, 6.07) is 12.0. The van der Waals surface area contributed by atoms with E-state index in [2.05, 4.69) is 4.40 Å². The fraction of sp³-hybridized carbons (Fsp3) is 0.263. The van der Waals surface area contributed by atoms with Crippen LogP contribution in [0.5, 0.6) is 0 Å². The van der Waals surface area contributed by atoms with Crippen molar-refractivity contribution >= 4 is 50.5 Å². The van der Waals surface area contributed by atoms with E-state index in [9.17, 15) is 13.2 Å². The quantitative estimate of drug-likeness (QED) is 0.730.